The Balaban J connectivity index is 1.06. The van der Waals surface area contributed by atoms with Crippen molar-refractivity contribution in [2.45, 2.75) is 45.0 Å². The van der Waals surface area contributed by atoms with Crippen molar-refractivity contribution in [1.82, 2.24) is 25.4 Å². The zero-order chi connectivity index (χ0) is 33.3. The van der Waals surface area contributed by atoms with Gasteiger partial charge in [0.25, 0.3) is 0 Å². The molecule has 1 saturated heterocycles. The Kier molecular flexibility index (Phi) is 9.01. The van der Waals surface area contributed by atoms with Gasteiger partial charge < -0.3 is 10.1 Å². The molecule has 15 heteroatoms. The number of aromatic nitrogens is 3. The van der Waals surface area contributed by atoms with Gasteiger partial charge in [0.1, 0.15) is 12.1 Å². The molecule has 1 aliphatic heterocycles. The third kappa shape index (κ3) is 7.46. The number of nitrogens with zero attached hydrogens (tertiary/aromatic N) is 5. The summed E-state index contributed by atoms with van der Waals surface area (Å²) in [7, 11) is 0. The van der Waals surface area contributed by atoms with Gasteiger partial charge in [0.05, 0.1) is 17.1 Å². The van der Waals surface area contributed by atoms with Crippen LogP contribution in [0.5, 0.6) is 5.75 Å². The molecule has 0 radical (unpaired) electrons. The Morgan fingerprint density at radius 1 is 1.09 bits per heavy atom. The number of amidine groups is 1. The van der Waals surface area contributed by atoms with E-state index in [1.807, 2.05) is 42.5 Å². The van der Waals surface area contributed by atoms with E-state index in [2.05, 4.69) is 44.3 Å². The number of halogens is 3. The number of benzene rings is 3. The summed E-state index contributed by atoms with van der Waals surface area (Å²) in [5.41, 5.74) is 5.14. The van der Waals surface area contributed by atoms with E-state index >= 15 is 0 Å². The number of para-hydroxylation sites is 1. The first-order valence-corrected chi connectivity index (χ1v) is 16.0. The minimum Gasteiger partial charge on any atom is -0.406 e. The van der Waals surface area contributed by atoms with Gasteiger partial charge in [-0.25, -0.2) is 14.5 Å². The average Bonchev–Trinajstić information content (AvgIpc) is 3.74. The van der Waals surface area contributed by atoms with E-state index in [9.17, 15) is 22.8 Å². The van der Waals surface area contributed by atoms with Crippen LogP contribution >= 0.6 is 24.0 Å². The highest BCUT2D eigenvalue weighted by molar-refractivity contribution is 8.15. The second kappa shape index (κ2) is 13.2. The molecule has 2 aliphatic rings. The van der Waals surface area contributed by atoms with Gasteiger partial charge in [-0.05, 0) is 84.1 Å². The molecule has 10 nitrogen and oxygen atoms in total. The molecular formula is C32H28F3N7O3S2. The number of hydrogen-bond donors (Lipinski definition) is 2. The van der Waals surface area contributed by atoms with E-state index in [1.165, 1.54) is 47.0 Å². The van der Waals surface area contributed by atoms with Crippen molar-refractivity contribution in [1.29, 1.82) is 0 Å². The first kappa shape index (κ1) is 32.2. The van der Waals surface area contributed by atoms with Gasteiger partial charge in [0, 0.05) is 11.6 Å². The molecule has 1 unspecified atom stereocenters. The van der Waals surface area contributed by atoms with E-state index < -0.39 is 12.4 Å². The number of nitrogens with one attached hydrogen (secondary N) is 2. The summed E-state index contributed by atoms with van der Waals surface area (Å²) >= 11 is 6.63. The van der Waals surface area contributed by atoms with Crippen LogP contribution in [-0.4, -0.2) is 55.1 Å². The van der Waals surface area contributed by atoms with Gasteiger partial charge >= 0.3 is 12.4 Å². The van der Waals surface area contributed by atoms with Gasteiger partial charge in [0.2, 0.25) is 11.0 Å². The van der Waals surface area contributed by atoms with Crippen LogP contribution in [0.4, 0.5) is 23.7 Å². The Labute approximate surface area is 277 Å². The Morgan fingerprint density at radius 3 is 2.57 bits per heavy atom. The summed E-state index contributed by atoms with van der Waals surface area (Å²) in [5, 5.41) is 10.4. The van der Waals surface area contributed by atoms with Crippen molar-refractivity contribution in [3.8, 4) is 22.8 Å². The molecule has 6 rings (SSSR count). The van der Waals surface area contributed by atoms with Crippen LogP contribution in [0, 0.1) is 0 Å². The molecule has 242 valence electrons. The highest BCUT2D eigenvalue weighted by atomic mass is 32.2. The zero-order valence-corrected chi connectivity index (χ0v) is 26.7. The van der Waals surface area contributed by atoms with E-state index in [-0.39, 0.29) is 34.5 Å². The summed E-state index contributed by atoms with van der Waals surface area (Å²) in [6, 6.07) is 18.1. The van der Waals surface area contributed by atoms with E-state index in [0.29, 0.717) is 29.5 Å². The van der Waals surface area contributed by atoms with Gasteiger partial charge in [-0.15, -0.1) is 18.3 Å². The molecule has 4 aromatic rings. The fourth-order valence-corrected chi connectivity index (χ4v) is 6.58. The number of carbonyl (C=O) groups is 2. The molecule has 1 atom stereocenters. The second-order valence-electron chi connectivity index (χ2n) is 11.2. The molecule has 3 amide bonds. The molecule has 2 N–H and O–H groups in total. The minimum absolute atomic E-state index is 0.0475. The summed E-state index contributed by atoms with van der Waals surface area (Å²) in [4.78, 5) is 35.9. The summed E-state index contributed by atoms with van der Waals surface area (Å²) in [6.45, 7) is 4.11. The Morgan fingerprint density at radius 2 is 1.83 bits per heavy atom. The topological polar surface area (TPSA) is 114 Å². The monoisotopic (exact) mass is 679 g/mol. The molecular weight excluding hydrogens is 652 g/mol. The quantitative estimate of drug-likeness (QED) is 0.235. The van der Waals surface area contributed by atoms with Crippen LogP contribution < -0.4 is 20.3 Å². The molecule has 47 heavy (non-hydrogen) atoms. The van der Waals surface area contributed by atoms with Crippen molar-refractivity contribution >= 4 is 51.9 Å². The second-order valence-corrected chi connectivity index (χ2v) is 12.5. The highest BCUT2D eigenvalue weighted by Gasteiger charge is 2.33. The van der Waals surface area contributed by atoms with Crippen molar-refractivity contribution in [3.05, 3.63) is 89.7 Å². The van der Waals surface area contributed by atoms with Gasteiger partial charge in [-0.1, -0.05) is 55.9 Å². The summed E-state index contributed by atoms with van der Waals surface area (Å²) < 4.78 is 42.8. The number of urea groups is 1. The molecule has 0 saturated carbocycles. The van der Waals surface area contributed by atoms with Gasteiger partial charge in [-0.3, -0.25) is 15.0 Å². The van der Waals surface area contributed by atoms with Gasteiger partial charge in [0.15, 0.2) is 11.0 Å². The highest BCUT2D eigenvalue weighted by Crippen LogP contribution is 2.33. The Hall–Kier alpha value is -4.76. The lowest BCUT2D eigenvalue weighted by Crippen LogP contribution is -2.44. The molecule has 0 bridgehead atoms. The minimum atomic E-state index is -4.77. The lowest BCUT2D eigenvalue weighted by atomic mass is 10.0. The maximum atomic E-state index is 12.9. The van der Waals surface area contributed by atoms with E-state index in [0.717, 1.165) is 27.9 Å². The van der Waals surface area contributed by atoms with Gasteiger partial charge in [-0.2, -0.15) is 4.99 Å². The van der Waals surface area contributed by atoms with Crippen LogP contribution in [0.2, 0.25) is 0 Å². The van der Waals surface area contributed by atoms with Crippen LogP contribution in [0.1, 0.15) is 36.5 Å². The first-order chi connectivity index (χ1) is 22.4. The van der Waals surface area contributed by atoms with Crippen LogP contribution in [0.25, 0.3) is 17.1 Å². The Bertz CT molecular complexity index is 1880. The maximum absolute atomic E-state index is 12.9. The van der Waals surface area contributed by atoms with Crippen molar-refractivity contribution in [3.63, 3.8) is 0 Å². The first-order valence-electron chi connectivity index (χ1n) is 14.6. The van der Waals surface area contributed by atoms with Crippen molar-refractivity contribution in [2.24, 2.45) is 4.99 Å². The standard InChI is InChI=1S/C32H28F3N7O3S2/c1-18(2)25-5-3-4-6-26(25)42-27(43)16-47-31(42)39-30(46)38-29(44)37-22-14-19-7-8-20(13-21(19)15-22)28-36-17-41(40-28)23-9-11-24(12-10-23)45-32(33,34)35/h3-13,17-18,22H,14-16H2,1-2H3,(H2,37,38,44,46)/b39-31-. The summed E-state index contributed by atoms with van der Waals surface area (Å²) in [6.07, 6.45) is -2.10. The molecule has 3 aromatic carbocycles. The SMILES string of the molecule is CC(C)c1ccccc1N1C(=O)CS/C1=N\C(=S)NC(=O)NC1Cc2ccc(-c3ncn(-c4ccc(OC(F)(F)F)cc4)n3)cc2C1. The van der Waals surface area contributed by atoms with Crippen LogP contribution in [0.15, 0.2) is 78.0 Å². The third-order valence-electron chi connectivity index (χ3n) is 7.54. The van der Waals surface area contributed by atoms with Crippen LogP contribution in [0.3, 0.4) is 0 Å². The fraction of sp³-hybridized carbons (Fsp3) is 0.250. The maximum Gasteiger partial charge on any atom is 0.573 e. The van der Waals surface area contributed by atoms with E-state index in [4.69, 9.17) is 12.2 Å². The van der Waals surface area contributed by atoms with Crippen molar-refractivity contribution < 1.29 is 27.5 Å². The largest absolute Gasteiger partial charge is 0.573 e. The lowest BCUT2D eigenvalue weighted by Gasteiger charge is -2.21. The number of thioether (sulfide) groups is 1. The fourth-order valence-electron chi connectivity index (χ4n) is 5.47. The zero-order valence-electron chi connectivity index (χ0n) is 25.1. The molecule has 0 spiro atoms. The third-order valence-corrected chi connectivity index (χ3v) is 8.66. The number of hydrogen-bond acceptors (Lipinski definition) is 7. The molecule has 1 fully saturated rings. The summed E-state index contributed by atoms with van der Waals surface area (Å²) in [5.74, 6) is 0.430. The molecule has 1 aliphatic carbocycles. The van der Waals surface area contributed by atoms with Crippen molar-refractivity contribution in [2.75, 3.05) is 10.7 Å². The smallest absolute Gasteiger partial charge is 0.406 e. The number of rotatable bonds is 6. The predicted molar refractivity (Wildman–Crippen MR) is 177 cm³/mol. The number of carbonyl (C=O) groups excluding carboxylic acids is 2. The molecule has 2 heterocycles. The number of alkyl halides is 3. The molecule has 1 aromatic heterocycles. The lowest BCUT2D eigenvalue weighted by molar-refractivity contribution is -0.274. The van der Waals surface area contributed by atoms with Crippen LogP contribution in [-0.2, 0) is 17.6 Å². The number of amides is 3. The normalized spacial score (nSPS) is 16.9. The number of thiocarbonyl (C=S) groups is 1. The number of aliphatic imine (C=N–C) groups is 1. The van der Waals surface area contributed by atoms with E-state index in [1.54, 1.807) is 4.90 Å². The number of ether oxygens (including phenoxy) is 1. The number of fused-ring (bicyclic) bond motifs is 1. The average molecular weight is 680 g/mol. The predicted octanol–water partition coefficient (Wildman–Crippen LogP) is 6.14. The number of anilines is 1.